The van der Waals surface area contributed by atoms with Crippen molar-refractivity contribution in [3.05, 3.63) is 29.8 Å². The van der Waals surface area contributed by atoms with E-state index in [9.17, 15) is 9.59 Å². The van der Waals surface area contributed by atoms with Crippen LogP contribution in [0.2, 0.25) is 0 Å². The molecule has 1 saturated heterocycles. The standard InChI is InChI=1S/C24H38N4O4/c1-24(2,3)32-23(30)28-11-12-31-20(15-28)22(18-9-10-18)25-14-17-7-6-8-19(13-17)26-21(29)16-27(4)5/h6-8,13,18,20,22,25H,9-12,14-16H2,1-5H3,(H,26,29)/t20-,22+/m0/s1. The molecule has 0 unspecified atom stereocenters. The molecule has 8 heteroatoms. The van der Waals surface area contributed by atoms with Crippen molar-refractivity contribution in [2.75, 3.05) is 45.7 Å². The Morgan fingerprint density at radius 2 is 2.03 bits per heavy atom. The number of nitrogens with one attached hydrogen (secondary N) is 2. The van der Waals surface area contributed by atoms with Crippen molar-refractivity contribution in [3.63, 3.8) is 0 Å². The fourth-order valence-electron chi connectivity index (χ4n) is 3.92. The minimum Gasteiger partial charge on any atom is -0.444 e. The van der Waals surface area contributed by atoms with E-state index >= 15 is 0 Å². The number of nitrogens with zero attached hydrogens (tertiary/aromatic N) is 2. The second kappa shape index (κ2) is 10.6. The minimum atomic E-state index is -0.508. The Hall–Kier alpha value is -2.16. The van der Waals surface area contributed by atoms with Crippen LogP contribution in [0.5, 0.6) is 0 Å². The first kappa shape index (κ1) is 24.5. The highest BCUT2D eigenvalue weighted by Crippen LogP contribution is 2.36. The third-order valence-electron chi connectivity index (χ3n) is 5.49. The maximum absolute atomic E-state index is 12.5. The summed E-state index contributed by atoms with van der Waals surface area (Å²) < 4.78 is 11.6. The number of carbonyl (C=O) groups excluding carboxylic acids is 2. The lowest BCUT2D eigenvalue weighted by atomic mass is 10.0. The van der Waals surface area contributed by atoms with Crippen LogP contribution in [0.1, 0.15) is 39.2 Å². The molecule has 0 radical (unpaired) electrons. The van der Waals surface area contributed by atoms with Crippen LogP contribution in [-0.4, -0.2) is 79.9 Å². The van der Waals surface area contributed by atoms with Crippen LogP contribution in [0.25, 0.3) is 0 Å². The van der Waals surface area contributed by atoms with Gasteiger partial charge in [0.25, 0.3) is 0 Å². The Bertz CT molecular complexity index is 788. The van der Waals surface area contributed by atoms with Gasteiger partial charge in [0, 0.05) is 24.8 Å². The molecule has 1 aliphatic heterocycles. The van der Waals surface area contributed by atoms with E-state index in [0.717, 1.165) is 11.3 Å². The van der Waals surface area contributed by atoms with Gasteiger partial charge in [-0.15, -0.1) is 0 Å². The molecule has 0 bridgehead atoms. The number of hydrogen-bond acceptors (Lipinski definition) is 6. The van der Waals surface area contributed by atoms with Gasteiger partial charge in [0.2, 0.25) is 5.91 Å². The quantitative estimate of drug-likeness (QED) is 0.639. The number of likely N-dealkylation sites (N-methyl/N-ethyl adjacent to an activating group) is 1. The zero-order valence-corrected chi connectivity index (χ0v) is 20.0. The summed E-state index contributed by atoms with van der Waals surface area (Å²) in [5.74, 6) is 0.523. The van der Waals surface area contributed by atoms with E-state index in [2.05, 4.69) is 10.6 Å². The van der Waals surface area contributed by atoms with Crippen LogP contribution in [0.15, 0.2) is 24.3 Å². The molecule has 1 saturated carbocycles. The van der Waals surface area contributed by atoms with Gasteiger partial charge in [-0.05, 0) is 71.3 Å². The van der Waals surface area contributed by atoms with Crippen molar-refractivity contribution in [3.8, 4) is 0 Å². The van der Waals surface area contributed by atoms with Crippen LogP contribution in [0.3, 0.4) is 0 Å². The number of morpholine rings is 1. The zero-order valence-electron chi connectivity index (χ0n) is 20.0. The number of anilines is 1. The molecule has 1 aromatic rings. The average molecular weight is 447 g/mol. The highest BCUT2D eigenvalue weighted by molar-refractivity contribution is 5.92. The zero-order chi connectivity index (χ0) is 23.3. The molecule has 1 aliphatic carbocycles. The molecule has 2 amide bonds. The lowest BCUT2D eigenvalue weighted by Gasteiger charge is -2.38. The Morgan fingerprint density at radius 1 is 1.28 bits per heavy atom. The van der Waals surface area contributed by atoms with Gasteiger partial charge < -0.3 is 29.9 Å². The van der Waals surface area contributed by atoms with E-state index in [1.807, 2.05) is 64.0 Å². The molecular weight excluding hydrogens is 408 g/mol. The van der Waals surface area contributed by atoms with Gasteiger partial charge in [-0.25, -0.2) is 4.79 Å². The van der Waals surface area contributed by atoms with Gasteiger partial charge in [0.05, 0.1) is 25.8 Å². The van der Waals surface area contributed by atoms with Crippen molar-refractivity contribution < 1.29 is 19.1 Å². The van der Waals surface area contributed by atoms with Gasteiger partial charge in [0.1, 0.15) is 5.60 Å². The van der Waals surface area contributed by atoms with Crippen LogP contribution in [0, 0.1) is 5.92 Å². The summed E-state index contributed by atoms with van der Waals surface area (Å²) in [5.41, 5.74) is 1.38. The molecular formula is C24H38N4O4. The lowest BCUT2D eigenvalue weighted by molar-refractivity contribution is -0.116. The number of amides is 2. The molecule has 3 rings (SSSR count). The van der Waals surface area contributed by atoms with Crippen molar-refractivity contribution in [1.82, 2.24) is 15.1 Å². The molecule has 0 aromatic heterocycles. The summed E-state index contributed by atoms with van der Waals surface area (Å²) in [6.07, 6.45) is 2.00. The maximum atomic E-state index is 12.5. The topological polar surface area (TPSA) is 83.1 Å². The molecule has 2 N–H and O–H groups in total. The predicted octanol–water partition coefficient (Wildman–Crippen LogP) is 2.69. The fourth-order valence-corrected chi connectivity index (χ4v) is 3.92. The highest BCUT2D eigenvalue weighted by atomic mass is 16.6. The maximum Gasteiger partial charge on any atom is 0.410 e. The molecule has 1 heterocycles. The van der Waals surface area contributed by atoms with E-state index in [1.165, 1.54) is 12.8 Å². The molecule has 2 atom stereocenters. The summed E-state index contributed by atoms with van der Waals surface area (Å²) >= 11 is 0. The van der Waals surface area contributed by atoms with Crippen molar-refractivity contribution in [2.24, 2.45) is 5.92 Å². The fraction of sp³-hybridized carbons (Fsp3) is 0.667. The van der Waals surface area contributed by atoms with E-state index < -0.39 is 5.60 Å². The number of benzene rings is 1. The summed E-state index contributed by atoms with van der Waals surface area (Å²) in [5, 5.41) is 6.61. The first-order valence-corrected chi connectivity index (χ1v) is 11.5. The second-order valence-electron chi connectivity index (χ2n) is 10.1. The lowest BCUT2D eigenvalue weighted by Crippen LogP contribution is -2.55. The predicted molar refractivity (Wildman–Crippen MR) is 125 cm³/mol. The van der Waals surface area contributed by atoms with E-state index in [-0.39, 0.29) is 24.1 Å². The van der Waals surface area contributed by atoms with Gasteiger partial charge in [-0.3, -0.25) is 4.79 Å². The third kappa shape index (κ3) is 7.76. The number of carbonyl (C=O) groups is 2. The summed E-state index contributed by atoms with van der Waals surface area (Å²) in [7, 11) is 3.74. The number of hydrogen-bond donors (Lipinski definition) is 2. The first-order chi connectivity index (χ1) is 15.1. The van der Waals surface area contributed by atoms with Crippen molar-refractivity contribution in [2.45, 2.75) is 57.9 Å². The Balaban J connectivity index is 1.57. The molecule has 32 heavy (non-hydrogen) atoms. The minimum absolute atomic E-state index is 0.0335. The van der Waals surface area contributed by atoms with Gasteiger partial charge in [0.15, 0.2) is 0 Å². The largest absolute Gasteiger partial charge is 0.444 e. The molecule has 178 valence electrons. The Kier molecular flexibility index (Phi) is 8.14. The molecule has 1 aromatic carbocycles. The number of ether oxygens (including phenoxy) is 2. The highest BCUT2D eigenvalue weighted by Gasteiger charge is 2.40. The van der Waals surface area contributed by atoms with Gasteiger partial charge >= 0.3 is 6.09 Å². The van der Waals surface area contributed by atoms with E-state index in [1.54, 1.807) is 4.90 Å². The summed E-state index contributed by atoms with van der Waals surface area (Å²) in [6.45, 7) is 8.27. The summed E-state index contributed by atoms with van der Waals surface area (Å²) in [6, 6.07) is 8.08. The van der Waals surface area contributed by atoms with Crippen LogP contribution in [-0.2, 0) is 20.8 Å². The van der Waals surface area contributed by atoms with E-state index in [0.29, 0.717) is 38.7 Å². The van der Waals surface area contributed by atoms with Crippen LogP contribution < -0.4 is 10.6 Å². The average Bonchev–Trinajstić information content (AvgIpc) is 3.52. The Morgan fingerprint density at radius 3 is 2.69 bits per heavy atom. The van der Waals surface area contributed by atoms with Gasteiger partial charge in [-0.1, -0.05) is 12.1 Å². The van der Waals surface area contributed by atoms with Crippen LogP contribution >= 0.6 is 0 Å². The number of rotatable bonds is 8. The van der Waals surface area contributed by atoms with Crippen molar-refractivity contribution >= 4 is 17.7 Å². The third-order valence-corrected chi connectivity index (χ3v) is 5.49. The molecule has 2 fully saturated rings. The second-order valence-corrected chi connectivity index (χ2v) is 10.1. The summed E-state index contributed by atoms with van der Waals surface area (Å²) in [4.78, 5) is 28.2. The SMILES string of the molecule is CN(C)CC(=O)Nc1cccc(CN[C@H](C2CC2)[C@@H]2CN(C(=O)OC(C)(C)C)CCO2)c1. The van der Waals surface area contributed by atoms with Crippen molar-refractivity contribution in [1.29, 1.82) is 0 Å². The molecule has 8 nitrogen and oxygen atoms in total. The monoisotopic (exact) mass is 446 g/mol. The normalized spacial score (nSPS) is 20.2. The van der Waals surface area contributed by atoms with Gasteiger partial charge in [-0.2, -0.15) is 0 Å². The molecule has 2 aliphatic rings. The first-order valence-electron chi connectivity index (χ1n) is 11.5. The smallest absolute Gasteiger partial charge is 0.410 e. The van der Waals surface area contributed by atoms with E-state index in [4.69, 9.17) is 9.47 Å². The Labute approximate surface area is 191 Å². The van der Waals surface area contributed by atoms with Crippen LogP contribution in [0.4, 0.5) is 10.5 Å². The molecule has 0 spiro atoms.